The van der Waals surface area contributed by atoms with Crippen LogP contribution in [0.15, 0.2) is 0 Å². The van der Waals surface area contributed by atoms with E-state index in [0.717, 1.165) is 18.7 Å². The Bertz CT molecular complexity index is 201. The maximum Gasteiger partial charge on any atom is 0.226 e. The topological polar surface area (TPSA) is 20.3 Å². The zero-order valence-corrected chi connectivity index (χ0v) is 8.98. The molecule has 0 aliphatic carbocycles. The monoisotopic (exact) mass is 199 g/mol. The van der Waals surface area contributed by atoms with Crippen molar-refractivity contribution < 1.29 is 4.79 Å². The van der Waals surface area contributed by atoms with E-state index < -0.39 is 0 Å². The summed E-state index contributed by atoms with van der Waals surface area (Å²) in [6.45, 7) is 3.17. The first kappa shape index (κ1) is 9.38. The lowest BCUT2D eigenvalue weighted by atomic mass is 10.1. The van der Waals surface area contributed by atoms with E-state index in [0.29, 0.717) is 17.9 Å². The molecule has 0 N–H and O–H groups in total. The fourth-order valence-corrected chi connectivity index (χ4v) is 3.44. The molecule has 1 amide bonds. The Morgan fingerprint density at radius 1 is 1.46 bits per heavy atom. The molecule has 13 heavy (non-hydrogen) atoms. The average Bonchev–Trinajstić information content (AvgIpc) is 2.72. The number of carbonyl (C=O) groups is 1. The van der Waals surface area contributed by atoms with Crippen molar-refractivity contribution in [3.63, 3.8) is 0 Å². The van der Waals surface area contributed by atoms with Gasteiger partial charge in [-0.3, -0.25) is 4.79 Å². The molecule has 2 saturated heterocycles. The molecule has 0 aromatic carbocycles. The largest absolute Gasteiger partial charge is 0.340 e. The van der Waals surface area contributed by atoms with Crippen LogP contribution in [-0.2, 0) is 4.79 Å². The van der Waals surface area contributed by atoms with Crippen LogP contribution in [0.25, 0.3) is 0 Å². The Morgan fingerprint density at radius 3 is 2.85 bits per heavy atom. The normalized spacial score (nSPS) is 34.1. The van der Waals surface area contributed by atoms with Gasteiger partial charge < -0.3 is 4.90 Å². The van der Waals surface area contributed by atoms with Crippen LogP contribution in [0.4, 0.5) is 0 Å². The molecule has 2 aliphatic heterocycles. The minimum atomic E-state index is 0.338. The summed E-state index contributed by atoms with van der Waals surface area (Å²) in [6, 6.07) is 0.498. The number of nitrogens with zero attached hydrogens (tertiary/aromatic N) is 1. The van der Waals surface area contributed by atoms with Gasteiger partial charge in [-0.1, -0.05) is 0 Å². The highest BCUT2D eigenvalue weighted by molar-refractivity contribution is 7.99. The van der Waals surface area contributed by atoms with Gasteiger partial charge in [0.05, 0.1) is 0 Å². The van der Waals surface area contributed by atoms with Crippen molar-refractivity contribution in [2.45, 2.75) is 32.2 Å². The van der Waals surface area contributed by atoms with Crippen molar-refractivity contribution in [1.29, 1.82) is 0 Å². The molecular weight excluding hydrogens is 182 g/mol. The number of carbonyl (C=O) groups excluding carboxylic acids is 1. The first-order valence-corrected chi connectivity index (χ1v) is 6.32. The molecule has 0 spiro atoms. The van der Waals surface area contributed by atoms with E-state index in [1.165, 1.54) is 18.6 Å². The van der Waals surface area contributed by atoms with Gasteiger partial charge in [0.25, 0.3) is 0 Å². The molecule has 2 rings (SSSR count). The van der Waals surface area contributed by atoms with Crippen LogP contribution in [0, 0.1) is 5.92 Å². The Morgan fingerprint density at radius 2 is 2.31 bits per heavy atom. The molecule has 0 bridgehead atoms. The molecule has 2 nitrogen and oxygen atoms in total. The third-order valence-electron chi connectivity index (χ3n) is 3.11. The summed E-state index contributed by atoms with van der Waals surface area (Å²) in [5.41, 5.74) is 0. The SMILES string of the molecule is CC1CCCN1C(=O)C1CCSC1. The van der Waals surface area contributed by atoms with Crippen LogP contribution in [0.5, 0.6) is 0 Å². The lowest BCUT2D eigenvalue weighted by Gasteiger charge is -2.24. The Balaban J connectivity index is 1.95. The maximum absolute atomic E-state index is 12.0. The van der Waals surface area contributed by atoms with Crippen LogP contribution >= 0.6 is 11.8 Å². The molecule has 2 atom stereocenters. The van der Waals surface area contributed by atoms with E-state index in [-0.39, 0.29) is 0 Å². The van der Waals surface area contributed by atoms with Gasteiger partial charge in [-0.05, 0) is 31.9 Å². The number of amides is 1. The molecule has 3 heteroatoms. The minimum absolute atomic E-state index is 0.338. The van der Waals surface area contributed by atoms with E-state index in [4.69, 9.17) is 0 Å². The van der Waals surface area contributed by atoms with Crippen molar-refractivity contribution in [1.82, 2.24) is 4.90 Å². The van der Waals surface area contributed by atoms with Crippen molar-refractivity contribution in [2.75, 3.05) is 18.1 Å². The second-order valence-electron chi connectivity index (χ2n) is 4.08. The van der Waals surface area contributed by atoms with Gasteiger partial charge >= 0.3 is 0 Å². The fraction of sp³-hybridized carbons (Fsp3) is 0.900. The first-order valence-electron chi connectivity index (χ1n) is 5.17. The number of hydrogen-bond acceptors (Lipinski definition) is 2. The summed E-state index contributed by atoms with van der Waals surface area (Å²) in [7, 11) is 0. The molecule has 0 aromatic heterocycles. The molecule has 2 unspecified atom stereocenters. The van der Waals surface area contributed by atoms with E-state index in [2.05, 4.69) is 11.8 Å². The van der Waals surface area contributed by atoms with Gasteiger partial charge in [-0.15, -0.1) is 0 Å². The van der Waals surface area contributed by atoms with Crippen LogP contribution in [0.1, 0.15) is 26.2 Å². The first-order chi connectivity index (χ1) is 6.29. The average molecular weight is 199 g/mol. The van der Waals surface area contributed by atoms with Crippen molar-refractivity contribution in [3.8, 4) is 0 Å². The molecule has 0 radical (unpaired) electrons. The predicted octanol–water partition coefficient (Wildman–Crippen LogP) is 1.75. The van der Waals surface area contributed by atoms with Crippen LogP contribution in [-0.4, -0.2) is 34.9 Å². The van der Waals surface area contributed by atoms with Gasteiger partial charge in [0, 0.05) is 24.3 Å². The highest BCUT2D eigenvalue weighted by atomic mass is 32.2. The molecule has 0 saturated carbocycles. The smallest absolute Gasteiger partial charge is 0.226 e. The summed E-state index contributed by atoms with van der Waals surface area (Å²) < 4.78 is 0. The van der Waals surface area contributed by atoms with Crippen molar-refractivity contribution in [3.05, 3.63) is 0 Å². The molecule has 74 valence electrons. The van der Waals surface area contributed by atoms with Crippen molar-refractivity contribution >= 4 is 17.7 Å². The summed E-state index contributed by atoms with van der Waals surface area (Å²) in [5.74, 6) is 3.00. The van der Waals surface area contributed by atoms with E-state index in [1.807, 2.05) is 11.8 Å². The number of rotatable bonds is 1. The quantitative estimate of drug-likeness (QED) is 0.641. The molecule has 2 aliphatic rings. The van der Waals surface area contributed by atoms with Crippen LogP contribution in [0.3, 0.4) is 0 Å². The highest BCUT2D eigenvalue weighted by Crippen LogP contribution is 2.28. The van der Waals surface area contributed by atoms with Crippen LogP contribution in [0.2, 0.25) is 0 Å². The zero-order valence-electron chi connectivity index (χ0n) is 8.16. The van der Waals surface area contributed by atoms with Gasteiger partial charge in [0.2, 0.25) is 5.91 Å². The van der Waals surface area contributed by atoms with Crippen LogP contribution < -0.4 is 0 Å². The van der Waals surface area contributed by atoms with Gasteiger partial charge in [-0.25, -0.2) is 0 Å². The lowest BCUT2D eigenvalue weighted by molar-refractivity contribution is -0.135. The molecule has 2 fully saturated rings. The maximum atomic E-state index is 12.0. The summed E-state index contributed by atoms with van der Waals surface area (Å²) in [5, 5.41) is 0. The summed E-state index contributed by atoms with van der Waals surface area (Å²) >= 11 is 1.92. The minimum Gasteiger partial charge on any atom is -0.340 e. The van der Waals surface area contributed by atoms with Gasteiger partial charge in [0.15, 0.2) is 0 Å². The number of hydrogen-bond donors (Lipinski definition) is 0. The third kappa shape index (κ3) is 1.85. The van der Waals surface area contributed by atoms with Crippen molar-refractivity contribution in [2.24, 2.45) is 5.92 Å². The number of thioether (sulfide) groups is 1. The molecule has 0 aromatic rings. The van der Waals surface area contributed by atoms with Gasteiger partial charge in [-0.2, -0.15) is 11.8 Å². The Kier molecular flexibility index (Phi) is 2.82. The number of likely N-dealkylation sites (tertiary alicyclic amines) is 1. The van der Waals surface area contributed by atoms with E-state index in [9.17, 15) is 4.79 Å². The predicted molar refractivity (Wildman–Crippen MR) is 55.8 cm³/mol. The van der Waals surface area contributed by atoms with Gasteiger partial charge in [0.1, 0.15) is 0 Å². The summed E-state index contributed by atoms with van der Waals surface area (Å²) in [4.78, 5) is 14.1. The molecular formula is C10H17NOS. The highest BCUT2D eigenvalue weighted by Gasteiger charge is 2.32. The van der Waals surface area contributed by atoms with E-state index in [1.54, 1.807) is 0 Å². The third-order valence-corrected chi connectivity index (χ3v) is 4.28. The molecule has 2 heterocycles. The second kappa shape index (κ2) is 3.91. The Labute approximate surface area is 84.1 Å². The summed E-state index contributed by atoms with van der Waals surface area (Å²) in [6.07, 6.45) is 3.51. The zero-order chi connectivity index (χ0) is 9.26. The fourth-order valence-electron chi connectivity index (χ4n) is 2.22. The standard InChI is InChI=1S/C10H17NOS/c1-8-3-2-5-11(8)10(12)9-4-6-13-7-9/h8-9H,2-7H2,1H3. The Hall–Kier alpha value is -0.180. The van der Waals surface area contributed by atoms with E-state index >= 15 is 0 Å². The lowest BCUT2D eigenvalue weighted by Crippen LogP contribution is -2.38. The second-order valence-corrected chi connectivity index (χ2v) is 5.23.